The predicted molar refractivity (Wildman–Crippen MR) is 104 cm³/mol. The lowest BCUT2D eigenvalue weighted by Gasteiger charge is -2.28. The highest BCUT2D eigenvalue weighted by Crippen LogP contribution is 2.24. The summed E-state index contributed by atoms with van der Waals surface area (Å²) < 4.78 is 0. The maximum Gasteiger partial charge on any atom is 0.220 e. The molecule has 1 amide bonds. The van der Waals surface area contributed by atoms with Crippen molar-refractivity contribution in [3.63, 3.8) is 0 Å². The van der Waals surface area contributed by atoms with Crippen LogP contribution in [0.4, 0.5) is 5.82 Å². The zero-order valence-corrected chi connectivity index (χ0v) is 16.4. The van der Waals surface area contributed by atoms with Gasteiger partial charge in [-0.3, -0.25) is 4.79 Å². The lowest BCUT2D eigenvalue weighted by Crippen LogP contribution is -2.33. The number of halogens is 2. The maximum atomic E-state index is 12.2. The van der Waals surface area contributed by atoms with Gasteiger partial charge >= 0.3 is 0 Å². The predicted octanol–water partition coefficient (Wildman–Crippen LogP) is 2.63. The minimum atomic E-state index is 0. The smallest absolute Gasteiger partial charge is 0.220 e. The van der Waals surface area contributed by atoms with Crippen molar-refractivity contribution in [1.82, 2.24) is 15.6 Å². The highest BCUT2D eigenvalue weighted by Gasteiger charge is 2.22. The van der Waals surface area contributed by atoms with Gasteiger partial charge in [0.25, 0.3) is 0 Å². The van der Waals surface area contributed by atoms with Crippen LogP contribution in [-0.4, -0.2) is 38.1 Å². The van der Waals surface area contributed by atoms with Crippen LogP contribution in [0.1, 0.15) is 31.7 Å². The number of nitrogens with zero attached hydrogens (tertiary/aromatic N) is 2. The van der Waals surface area contributed by atoms with E-state index in [0.29, 0.717) is 24.8 Å². The molecule has 7 heteroatoms. The first kappa shape index (κ1) is 23.0. The molecule has 1 aromatic heterocycles. The Labute approximate surface area is 157 Å². The quantitative estimate of drug-likeness (QED) is 0.800. The molecule has 1 saturated heterocycles. The molecular weight excluding hydrogens is 347 g/mol. The molecule has 1 atom stereocenters. The Morgan fingerprint density at radius 2 is 2.04 bits per heavy atom. The van der Waals surface area contributed by atoms with E-state index in [-0.39, 0.29) is 30.7 Å². The second-order valence-electron chi connectivity index (χ2n) is 6.43. The summed E-state index contributed by atoms with van der Waals surface area (Å²) in [7, 11) is 3.93. The molecule has 0 radical (unpaired) electrons. The molecule has 2 heterocycles. The first-order chi connectivity index (χ1) is 10.6. The Kier molecular flexibility index (Phi) is 11.0. The zero-order chi connectivity index (χ0) is 15.9. The van der Waals surface area contributed by atoms with Crippen LogP contribution in [0.5, 0.6) is 0 Å². The Morgan fingerprint density at radius 3 is 2.67 bits per heavy atom. The third-order valence-electron chi connectivity index (χ3n) is 4.46. The molecule has 5 nitrogen and oxygen atoms in total. The van der Waals surface area contributed by atoms with Crippen molar-refractivity contribution in [2.45, 2.75) is 32.7 Å². The summed E-state index contributed by atoms with van der Waals surface area (Å²) in [4.78, 5) is 18.5. The molecule has 138 valence electrons. The van der Waals surface area contributed by atoms with Gasteiger partial charge in [0.15, 0.2) is 0 Å². The number of carbonyl (C=O) groups is 1. The van der Waals surface area contributed by atoms with Crippen molar-refractivity contribution in [1.29, 1.82) is 0 Å². The lowest BCUT2D eigenvalue weighted by atomic mass is 9.84. The van der Waals surface area contributed by atoms with Gasteiger partial charge < -0.3 is 15.5 Å². The first-order valence-corrected chi connectivity index (χ1v) is 8.16. The maximum absolute atomic E-state index is 12.2. The number of carbonyl (C=O) groups excluding carboxylic acids is 1. The molecule has 0 aliphatic carbocycles. The largest absolute Gasteiger partial charge is 0.362 e. The van der Waals surface area contributed by atoms with Crippen molar-refractivity contribution in [2.75, 3.05) is 32.1 Å². The zero-order valence-electron chi connectivity index (χ0n) is 14.7. The van der Waals surface area contributed by atoms with Crippen LogP contribution in [0.2, 0.25) is 0 Å². The van der Waals surface area contributed by atoms with Gasteiger partial charge in [0.05, 0.1) is 0 Å². The minimum Gasteiger partial charge on any atom is -0.362 e. The molecule has 1 aliphatic rings. The van der Waals surface area contributed by atoms with Gasteiger partial charge in [0.1, 0.15) is 5.82 Å². The normalized spacial score (nSPS) is 15.6. The van der Waals surface area contributed by atoms with E-state index in [2.05, 4.69) is 22.5 Å². The van der Waals surface area contributed by atoms with Crippen molar-refractivity contribution in [2.24, 2.45) is 11.8 Å². The topological polar surface area (TPSA) is 57.3 Å². The number of piperidine rings is 1. The van der Waals surface area contributed by atoms with Crippen LogP contribution >= 0.6 is 24.8 Å². The average molecular weight is 377 g/mol. The van der Waals surface area contributed by atoms with Gasteiger partial charge in [0.2, 0.25) is 5.91 Å². The van der Waals surface area contributed by atoms with Crippen molar-refractivity contribution < 1.29 is 4.79 Å². The van der Waals surface area contributed by atoms with Crippen molar-refractivity contribution >= 4 is 36.5 Å². The van der Waals surface area contributed by atoms with Gasteiger partial charge in [0, 0.05) is 38.8 Å². The summed E-state index contributed by atoms with van der Waals surface area (Å²) in [5.74, 6) is 2.17. The van der Waals surface area contributed by atoms with E-state index >= 15 is 0 Å². The summed E-state index contributed by atoms with van der Waals surface area (Å²) in [6.07, 6.45) is 4.76. The van der Waals surface area contributed by atoms with E-state index in [1.165, 1.54) is 12.8 Å². The van der Waals surface area contributed by atoms with E-state index in [9.17, 15) is 4.79 Å². The molecule has 2 N–H and O–H groups in total. The van der Waals surface area contributed by atoms with Crippen LogP contribution in [0, 0.1) is 11.8 Å². The molecule has 1 aliphatic heterocycles. The summed E-state index contributed by atoms with van der Waals surface area (Å²) in [5.41, 5.74) is 1.05. The molecule has 1 unspecified atom stereocenters. The highest BCUT2D eigenvalue weighted by atomic mass is 35.5. The van der Waals surface area contributed by atoms with Crippen LogP contribution in [0.25, 0.3) is 0 Å². The van der Waals surface area contributed by atoms with Gasteiger partial charge in [-0.25, -0.2) is 4.98 Å². The number of nitrogens with one attached hydrogen (secondary N) is 2. The number of pyridine rings is 1. The lowest BCUT2D eigenvalue weighted by molar-refractivity contribution is -0.122. The third-order valence-corrected chi connectivity index (χ3v) is 4.46. The molecule has 0 saturated carbocycles. The summed E-state index contributed by atoms with van der Waals surface area (Å²) in [5, 5.41) is 6.42. The number of aromatic nitrogens is 1. The fourth-order valence-electron chi connectivity index (χ4n) is 3.11. The number of hydrogen-bond donors (Lipinski definition) is 2. The second kappa shape index (κ2) is 11.5. The number of hydrogen-bond acceptors (Lipinski definition) is 4. The molecule has 1 fully saturated rings. The molecule has 0 aromatic carbocycles. The SMILES string of the molecule is CC(CC(=O)NCc1cccnc1N(C)C)C1CCNCC1.Cl.Cl. The first-order valence-electron chi connectivity index (χ1n) is 8.16. The molecular formula is C17H30Cl2N4O. The number of rotatable bonds is 6. The van der Waals surface area contributed by atoms with E-state index in [1.54, 1.807) is 6.20 Å². The van der Waals surface area contributed by atoms with E-state index < -0.39 is 0 Å². The van der Waals surface area contributed by atoms with Gasteiger partial charge in [-0.15, -0.1) is 24.8 Å². The van der Waals surface area contributed by atoms with Gasteiger partial charge in [-0.1, -0.05) is 13.0 Å². The van der Waals surface area contributed by atoms with Gasteiger partial charge in [-0.05, 0) is 43.8 Å². The monoisotopic (exact) mass is 376 g/mol. The number of anilines is 1. The molecule has 0 bridgehead atoms. The molecule has 0 spiro atoms. The number of amides is 1. The van der Waals surface area contributed by atoms with Crippen LogP contribution in [-0.2, 0) is 11.3 Å². The Hall–Kier alpha value is -1.04. The summed E-state index contributed by atoms with van der Waals surface area (Å²) in [6, 6.07) is 3.92. The Morgan fingerprint density at radius 1 is 1.38 bits per heavy atom. The summed E-state index contributed by atoms with van der Waals surface area (Å²) >= 11 is 0. The van der Waals surface area contributed by atoms with Crippen LogP contribution in [0.3, 0.4) is 0 Å². The van der Waals surface area contributed by atoms with Crippen molar-refractivity contribution in [3.05, 3.63) is 23.9 Å². The van der Waals surface area contributed by atoms with Crippen LogP contribution < -0.4 is 15.5 Å². The van der Waals surface area contributed by atoms with Crippen molar-refractivity contribution in [3.8, 4) is 0 Å². The average Bonchev–Trinajstić information content (AvgIpc) is 2.54. The third kappa shape index (κ3) is 6.83. The fourth-order valence-corrected chi connectivity index (χ4v) is 3.11. The van der Waals surface area contributed by atoms with E-state index in [0.717, 1.165) is 24.5 Å². The van der Waals surface area contributed by atoms with Gasteiger partial charge in [-0.2, -0.15) is 0 Å². The molecule has 2 rings (SSSR count). The standard InChI is InChI=1S/C17H28N4O.2ClH/c1-13(14-6-9-18-10-7-14)11-16(22)20-12-15-5-4-8-19-17(15)21(2)3;;/h4-5,8,13-14,18H,6-7,9-12H2,1-3H3,(H,20,22);2*1H. The second-order valence-corrected chi connectivity index (χ2v) is 6.43. The summed E-state index contributed by atoms with van der Waals surface area (Å²) in [6.45, 7) is 4.90. The highest BCUT2D eigenvalue weighted by molar-refractivity contribution is 5.85. The fraction of sp³-hybridized carbons (Fsp3) is 0.647. The molecule has 24 heavy (non-hydrogen) atoms. The minimum absolute atomic E-state index is 0. The Bertz CT molecular complexity index is 493. The van der Waals surface area contributed by atoms with E-state index in [4.69, 9.17) is 0 Å². The molecule has 1 aromatic rings. The van der Waals surface area contributed by atoms with E-state index in [1.807, 2.05) is 31.1 Å². The Balaban J connectivity index is 0.00000264. The van der Waals surface area contributed by atoms with Crippen LogP contribution in [0.15, 0.2) is 18.3 Å².